The van der Waals surface area contributed by atoms with Crippen LogP contribution in [0.3, 0.4) is 0 Å². The summed E-state index contributed by atoms with van der Waals surface area (Å²) in [6.07, 6.45) is -2.37. The van der Waals surface area contributed by atoms with Crippen molar-refractivity contribution >= 4 is 0 Å². The van der Waals surface area contributed by atoms with Crippen molar-refractivity contribution < 1.29 is 15.3 Å². The average Bonchev–Trinajstić information content (AvgIpc) is 2.19. The summed E-state index contributed by atoms with van der Waals surface area (Å²) in [5, 5.41) is 28.2. The van der Waals surface area contributed by atoms with Gasteiger partial charge in [0.15, 0.2) is 0 Å². The van der Waals surface area contributed by atoms with Gasteiger partial charge in [-0.15, -0.1) is 0 Å². The molecule has 2 atom stereocenters. The van der Waals surface area contributed by atoms with Gasteiger partial charge in [0, 0.05) is 12.2 Å². The first-order chi connectivity index (χ1) is 6.56. The Morgan fingerprint density at radius 3 is 2.64 bits per heavy atom. The van der Waals surface area contributed by atoms with E-state index in [9.17, 15) is 15.3 Å². The van der Waals surface area contributed by atoms with Crippen LogP contribution in [0.4, 0.5) is 0 Å². The molecule has 5 heteroatoms. The third kappa shape index (κ3) is 2.20. The van der Waals surface area contributed by atoms with E-state index < -0.39 is 12.2 Å². The molecule has 0 saturated heterocycles. The lowest BCUT2D eigenvalue weighted by molar-refractivity contribution is 0.0201. The number of nitrogens with two attached hydrogens (primary N) is 1. The summed E-state index contributed by atoms with van der Waals surface area (Å²) in [4.78, 5) is 3.93. The van der Waals surface area contributed by atoms with E-state index in [1.165, 1.54) is 6.07 Å². The smallest absolute Gasteiger partial charge is 0.139 e. The van der Waals surface area contributed by atoms with Gasteiger partial charge in [-0.25, -0.2) is 0 Å². The third-order valence-electron chi connectivity index (χ3n) is 1.93. The molecule has 1 heterocycles. The molecule has 0 aliphatic heterocycles. The van der Waals surface area contributed by atoms with Gasteiger partial charge in [-0.2, -0.15) is 0 Å². The molecular weight excluding hydrogens is 184 g/mol. The van der Waals surface area contributed by atoms with Crippen LogP contribution in [0.25, 0.3) is 0 Å². The molecule has 1 aromatic rings. The predicted octanol–water partition coefficient (Wildman–Crippen LogP) is -0.551. The maximum atomic E-state index is 9.54. The van der Waals surface area contributed by atoms with Crippen LogP contribution in [0.2, 0.25) is 0 Å². The second-order valence-corrected chi connectivity index (χ2v) is 3.10. The van der Waals surface area contributed by atoms with Crippen LogP contribution in [0, 0.1) is 6.92 Å². The maximum Gasteiger partial charge on any atom is 0.139 e. The van der Waals surface area contributed by atoms with E-state index in [2.05, 4.69) is 4.98 Å². The molecule has 14 heavy (non-hydrogen) atoms. The highest BCUT2D eigenvalue weighted by atomic mass is 16.3. The molecule has 1 aromatic heterocycles. The molecule has 78 valence electrons. The first-order valence-corrected chi connectivity index (χ1v) is 4.29. The van der Waals surface area contributed by atoms with Gasteiger partial charge in [0.1, 0.15) is 17.5 Å². The van der Waals surface area contributed by atoms with Crippen molar-refractivity contribution in [3.63, 3.8) is 0 Å². The number of nitrogens with zero attached hydrogens (tertiary/aromatic N) is 1. The Morgan fingerprint density at radius 2 is 2.07 bits per heavy atom. The van der Waals surface area contributed by atoms with Crippen LogP contribution in [0.15, 0.2) is 12.1 Å². The Hall–Kier alpha value is -1.17. The quantitative estimate of drug-likeness (QED) is 0.522. The molecule has 0 bridgehead atoms. The molecule has 0 radical (unpaired) electrons. The summed E-state index contributed by atoms with van der Waals surface area (Å²) in [5.41, 5.74) is 5.89. The summed E-state index contributed by atoms with van der Waals surface area (Å²) < 4.78 is 0. The van der Waals surface area contributed by atoms with E-state index in [0.29, 0.717) is 5.69 Å². The Balaban J connectivity index is 2.99. The van der Waals surface area contributed by atoms with Gasteiger partial charge in [-0.1, -0.05) is 0 Å². The molecule has 0 aliphatic rings. The fraction of sp³-hybridized carbons (Fsp3) is 0.444. The van der Waals surface area contributed by atoms with E-state index in [0.717, 1.165) is 0 Å². The van der Waals surface area contributed by atoms with E-state index >= 15 is 0 Å². The molecule has 5 N–H and O–H groups in total. The van der Waals surface area contributed by atoms with Crippen molar-refractivity contribution in [3.05, 3.63) is 23.5 Å². The molecule has 0 amide bonds. The van der Waals surface area contributed by atoms with E-state index in [-0.39, 0.29) is 18.0 Å². The third-order valence-corrected chi connectivity index (χ3v) is 1.93. The summed E-state index contributed by atoms with van der Waals surface area (Å²) in [7, 11) is 0. The number of aryl methyl sites for hydroxylation is 1. The van der Waals surface area contributed by atoms with Crippen molar-refractivity contribution in [1.82, 2.24) is 4.98 Å². The number of rotatable bonds is 3. The largest absolute Gasteiger partial charge is 0.506 e. The zero-order valence-electron chi connectivity index (χ0n) is 7.88. The number of aromatic hydroxyl groups is 1. The normalized spacial score (nSPS) is 15.1. The number of aliphatic hydroxyl groups excluding tert-OH is 2. The Morgan fingerprint density at radius 1 is 1.43 bits per heavy atom. The highest BCUT2D eigenvalue weighted by molar-refractivity contribution is 5.29. The van der Waals surface area contributed by atoms with Gasteiger partial charge in [0.25, 0.3) is 0 Å². The van der Waals surface area contributed by atoms with Gasteiger partial charge >= 0.3 is 0 Å². The molecule has 0 saturated carbocycles. The van der Waals surface area contributed by atoms with E-state index in [4.69, 9.17) is 5.73 Å². The minimum Gasteiger partial charge on any atom is -0.506 e. The summed E-state index contributed by atoms with van der Waals surface area (Å²) in [5.74, 6) is -0.143. The maximum absolute atomic E-state index is 9.54. The number of pyridine rings is 1. The van der Waals surface area contributed by atoms with Crippen LogP contribution in [0.5, 0.6) is 5.75 Å². The summed E-state index contributed by atoms with van der Waals surface area (Å²) >= 11 is 0. The lowest BCUT2D eigenvalue weighted by Gasteiger charge is -2.16. The van der Waals surface area contributed by atoms with Crippen LogP contribution in [-0.2, 0) is 0 Å². The van der Waals surface area contributed by atoms with Gasteiger partial charge < -0.3 is 21.1 Å². The Bertz CT molecular complexity index is 317. The van der Waals surface area contributed by atoms with Gasteiger partial charge in [0.05, 0.1) is 6.10 Å². The van der Waals surface area contributed by atoms with E-state index in [1.807, 2.05) is 0 Å². The monoisotopic (exact) mass is 198 g/mol. The number of hydrogen-bond acceptors (Lipinski definition) is 5. The highest BCUT2D eigenvalue weighted by Gasteiger charge is 2.21. The molecule has 0 spiro atoms. The average molecular weight is 198 g/mol. The van der Waals surface area contributed by atoms with E-state index in [1.54, 1.807) is 13.0 Å². The molecule has 0 aliphatic carbocycles. The molecule has 0 aromatic carbocycles. The predicted molar refractivity (Wildman–Crippen MR) is 50.7 cm³/mol. The number of hydrogen-bond donors (Lipinski definition) is 4. The van der Waals surface area contributed by atoms with Gasteiger partial charge in [-0.3, -0.25) is 4.98 Å². The van der Waals surface area contributed by atoms with Crippen LogP contribution >= 0.6 is 0 Å². The lowest BCUT2D eigenvalue weighted by Crippen LogP contribution is -2.27. The number of aromatic nitrogens is 1. The van der Waals surface area contributed by atoms with Crippen molar-refractivity contribution in [3.8, 4) is 5.75 Å². The minimum absolute atomic E-state index is 0.0583. The molecule has 2 unspecified atom stereocenters. The molecule has 0 fully saturated rings. The second kappa shape index (κ2) is 4.36. The zero-order valence-corrected chi connectivity index (χ0v) is 7.88. The van der Waals surface area contributed by atoms with Crippen LogP contribution in [0.1, 0.15) is 17.5 Å². The first kappa shape index (κ1) is 10.9. The fourth-order valence-corrected chi connectivity index (χ4v) is 1.10. The van der Waals surface area contributed by atoms with Crippen LogP contribution in [-0.4, -0.2) is 33.0 Å². The Kier molecular flexibility index (Phi) is 3.40. The number of aliphatic hydroxyl groups is 2. The molecule has 5 nitrogen and oxygen atoms in total. The molecule has 1 rings (SSSR count). The highest BCUT2D eigenvalue weighted by Crippen LogP contribution is 2.24. The Labute approximate surface area is 81.8 Å². The van der Waals surface area contributed by atoms with Crippen molar-refractivity contribution in [2.24, 2.45) is 5.73 Å². The van der Waals surface area contributed by atoms with Crippen molar-refractivity contribution in [1.29, 1.82) is 0 Å². The van der Waals surface area contributed by atoms with Crippen molar-refractivity contribution in [2.45, 2.75) is 19.1 Å². The first-order valence-electron chi connectivity index (χ1n) is 4.29. The standard InChI is InChI=1S/C9H14N2O3/c1-5-2-3-6(12)8(11-5)9(14)7(13)4-10/h2-3,7,9,12-14H,4,10H2,1H3. The lowest BCUT2D eigenvalue weighted by atomic mass is 10.1. The SMILES string of the molecule is Cc1ccc(O)c(C(O)C(O)CN)n1. The van der Waals surface area contributed by atoms with Crippen LogP contribution < -0.4 is 5.73 Å². The summed E-state index contributed by atoms with van der Waals surface area (Å²) in [6.45, 7) is 1.64. The second-order valence-electron chi connectivity index (χ2n) is 3.10. The minimum atomic E-state index is -1.25. The fourth-order valence-electron chi connectivity index (χ4n) is 1.10. The van der Waals surface area contributed by atoms with Crippen molar-refractivity contribution in [2.75, 3.05) is 6.54 Å². The zero-order chi connectivity index (χ0) is 10.7. The van der Waals surface area contributed by atoms with Gasteiger partial charge in [0.2, 0.25) is 0 Å². The van der Waals surface area contributed by atoms with Gasteiger partial charge in [-0.05, 0) is 19.1 Å². The topological polar surface area (TPSA) is 99.6 Å². The molecular formula is C9H14N2O3. The summed E-state index contributed by atoms with van der Waals surface area (Å²) in [6, 6.07) is 3.03.